The van der Waals surface area contributed by atoms with Gasteiger partial charge in [-0.05, 0) is 102 Å². The van der Waals surface area contributed by atoms with Gasteiger partial charge in [-0.2, -0.15) is 15.1 Å². The molecule has 3 aromatic carbocycles. The summed E-state index contributed by atoms with van der Waals surface area (Å²) in [5.74, 6) is 2.22. The first-order chi connectivity index (χ1) is 39.8. The van der Waals surface area contributed by atoms with Crippen LogP contribution in [0.5, 0.6) is 6.01 Å². The maximum atomic E-state index is 17.3. The van der Waals surface area contributed by atoms with Crippen molar-refractivity contribution >= 4 is 74.6 Å². The molecular formula is C61H71F2N13O6. The fourth-order valence-corrected chi connectivity index (χ4v) is 13.4. The highest BCUT2D eigenvalue weighted by molar-refractivity contribution is 6.02. The van der Waals surface area contributed by atoms with Gasteiger partial charge in [-0.3, -0.25) is 29.1 Å². The number of amides is 3. The number of pyridine rings is 1. The highest BCUT2D eigenvalue weighted by atomic mass is 19.1. The highest BCUT2D eigenvalue weighted by Gasteiger charge is 2.52. The lowest BCUT2D eigenvalue weighted by molar-refractivity contribution is -0.138. The number of carbonyl (C=O) groups is 4. The van der Waals surface area contributed by atoms with Gasteiger partial charge in [0.25, 0.3) is 0 Å². The van der Waals surface area contributed by atoms with Crippen molar-refractivity contribution in [2.45, 2.75) is 93.9 Å². The number of likely N-dealkylation sites (tertiary alicyclic amines) is 2. The number of anilines is 3. The van der Waals surface area contributed by atoms with Crippen molar-refractivity contribution in [2.75, 3.05) is 94.8 Å². The van der Waals surface area contributed by atoms with Crippen LogP contribution in [0.1, 0.15) is 69.8 Å². The molecule has 0 saturated carbocycles. The Morgan fingerprint density at radius 1 is 0.963 bits per heavy atom. The molecule has 6 saturated heterocycles. The number of hydrogen-bond donors (Lipinski definition) is 3. The first-order valence-corrected chi connectivity index (χ1v) is 28.6. The van der Waals surface area contributed by atoms with Gasteiger partial charge in [0.05, 0.1) is 22.0 Å². The molecule has 430 valence electrons. The van der Waals surface area contributed by atoms with E-state index in [1.54, 1.807) is 40.0 Å². The molecule has 6 aliphatic rings. The van der Waals surface area contributed by atoms with Gasteiger partial charge in [-0.1, -0.05) is 42.3 Å². The number of ether oxygens (including phenoxy) is 2. The number of terminal acetylenes is 1. The number of benzene rings is 3. The molecule has 21 heteroatoms. The molecule has 0 radical (unpaired) electrons. The summed E-state index contributed by atoms with van der Waals surface area (Å²) >= 11 is 0. The number of carbonyl (C=O) groups excluding carboxylic acids is 4. The Morgan fingerprint density at radius 3 is 2.45 bits per heavy atom. The minimum atomic E-state index is -0.686. The lowest BCUT2D eigenvalue weighted by atomic mass is 9.94. The van der Waals surface area contributed by atoms with Gasteiger partial charge in [-0.15, -0.1) is 6.42 Å². The van der Waals surface area contributed by atoms with Crippen LogP contribution in [0.2, 0.25) is 0 Å². The number of halogens is 2. The number of piperazine rings is 1. The van der Waals surface area contributed by atoms with Crippen LogP contribution in [-0.2, 0) is 26.2 Å². The van der Waals surface area contributed by atoms with Crippen LogP contribution in [0.25, 0.3) is 43.8 Å². The van der Waals surface area contributed by atoms with E-state index in [2.05, 4.69) is 48.3 Å². The van der Waals surface area contributed by atoms with Crippen molar-refractivity contribution in [3.63, 3.8) is 0 Å². The van der Waals surface area contributed by atoms with E-state index in [9.17, 15) is 19.2 Å². The van der Waals surface area contributed by atoms with Gasteiger partial charge in [0.1, 0.15) is 42.3 Å². The summed E-state index contributed by atoms with van der Waals surface area (Å²) in [5, 5.41) is 16.9. The molecule has 2 bridgehead atoms. The summed E-state index contributed by atoms with van der Waals surface area (Å²) in [7, 11) is 5.58. The number of aromatic nitrogens is 5. The minimum Gasteiger partial charge on any atom is -0.461 e. The predicted molar refractivity (Wildman–Crippen MR) is 311 cm³/mol. The Labute approximate surface area is 475 Å². The lowest BCUT2D eigenvalue weighted by Crippen LogP contribution is -2.51. The molecule has 6 aliphatic heterocycles. The van der Waals surface area contributed by atoms with Crippen LogP contribution < -0.4 is 30.5 Å². The van der Waals surface area contributed by atoms with Crippen LogP contribution in [-0.4, -0.2) is 174 Å². The zero-order valence-electron chi connectivity index (χ0n) is 46.8. The average molecular weight is 1120 g/mol. The number of nitrogens with one attached hydrogen (secondary N) is 3. The summed E-state index contributed by atoms with van der Waals surface area (Å²) in [6.45, 7) is 9.13. The van der Waals surface area contributed by atoms with Gasteiger partial charge >= 0.3 is 12.1 Å². The van der Waals surface area contributed by atoms with Gasteiger partial charge in [-0.25, -0.2) is 13.6 Å². The molecule has 82 heavy (non-hydrogen) atoms. The van der Waals surface area contributed by atoms with Gasteiger partial charge in [0.15, 0.2) is 11.6 Å². The van der Waals surface area contributed by atoms with E-state index >= 15 is 8.78 Å². The van der Waals surface area contributed by atoms with Crippen molar-refractivity contribution in [1.82, 2.24) is 50.1 Å². The van der Waals surface area contributed by atoms with E-state index in [0.717, 1.165) is 67.0 Å². The van der Waals surface area contributed by atoms with Crippen molar-refractivity contribution in [3.05, 3.63) is 84.1 Å². The molecule has 6 fully saturated rings. The zero-order valence-corrected chi connectivity index (χ0v) is 46.8. The Bertz CT molecular complexity index is 3450. The molecule has 12 rings (SSSR count). The number of rotatable bonds is 15. The van der Waals surface area contributed by atoms with Crippen molar-refractivity contribution < 1.29 is 37.4 Å². The first-order valence-electron chi connectivity index (χ1n) is 28.6. The number of piperidine rings is 2. The SMILES string of the molecule is C#Cc1c(F)ccc2cccc(-c3ncc4c(N5CC6CCC(C5)N6)nc(OC[C@@]56CC[C@@H](COC(=O)N7CCC(C(=O)N8CCC(Nc9ccc%10c(N(C=O)CCC=O)nn(C)c%10c9)CC8)CC7)N5CC(=C)C6)nc4c3F)c12.CNC. The maximum Gasteiger partial charge on any atom is 0.409 e. The zero-order chi connectivity index (χ0) is 57.2. The van der Waals surface area contributed by atoms with Gasteiger partial charge in [0.2, 0.25) is 12.3 Å². The predicted octanol–water partition coefficient (Wildman–Crippen LogP) is 6.81. The third-order valence-corrected chi connectivity index (χ3v) is 17.4. The van der Waals surface area contributed by atoms with Crippen molar-refractivity contribution in [2.24, 2.45) is 13.0 Å². The molecular weight excluding hydrogens is 1050 g/mol. The Hall–Kier alpha value is -7.80. The molecule has 2 unspecified atom stereocenters. The Morgan fingerprint density at radius 2 is 1.72 bits per heavy atom. The second kappa shape index (κ2) is 24.0. The number of fused-ring (bicyclic) bond motifs is 6. The largest absolute Gasteiger partial charge is 0.461 e. The number of aryl methyl sites for hydroxylation is 1. The summed E-state index contributed by atoms with van der Waals surface area (Å²) in [6.07, 6.45) is 15.7. The standard InChI is InChI=1S/C59H64F2N12O6.C2H7N/c1-4-44-48(60)14-9-37-7-5-8-46(50(37)44)52-51(61)53-47(29-62-52)54(72-31-41-10-11-42(32-72)64-41)66-57(65-53)79-34-59-20-15-43(73(59)30-36(2)28-59)33-78-58(77)70-22-16-38(17-23-70)56(76)69-24-18-39(19-25-69)63-40-12-13-45-49(27-40)68(3)67-55(45)71(35-75)21-6-26-74;1-3-2/h1,5,7-9,12-14,26-27,29,35,38-39,41-43,63-64H,2,6,10-11,15-25,28,30-34H2,3H3;3H,1-2H3/t41?,42?,43-,59-;/m0./s1. The summed E-state index contributed by atoms with van der Waals surface area (Å²) in [5.41, 5.74) is 2.78. The third kappa shape index (κ3) is 11.0. The molecule has 9 heterocycles. The second-order valence-corrected chi connectivity index (χ2v) is 22.8. The molecule has 3 N–H and O–H groups in total. The van der Waals surface area contributed by atoms with E-state index < -0.39 is 17.2 Å². The van der Waals surface area contributed by atoms with Gasteiger partial charge in [0, 0.05) is 124 Å². The van der Waals surface area contributed by atoms with E-state index in [4.69, 9.17) is 25.9 Å². The fraction of sp³-hybridized carbons (Fsp3) is 0.475. The Balaban J connectivity index is 0.00000230. The molecule has 0 aliphatic carbocycles. The average Bonchev–Trinajstić information content (AvgIpc) is 4.37. The third-order valence-electron chi connectivity index (χ3n) is 17.4. The summed E-state index contributed by atoms with van der Waals surface area (Å²) < 4.78 is 46.7. The van der Waals surface area contributed by atoms with Crippen LogP contribution in [0.15, 0.2) is 66.9 Å². The first kappa shape index (κ1) is 56.1. The van der Waals surface area contributed by atoms with Crippen LogP contribution >= 0.6 is 0 Å². The number of hydrogen-bond acceptors (Lipinski definition) is 15. The molecule has 3 amide bonds. The number of nitrogens with zero attached hydrogens (tertiary/aromatic N) is 10. The molecule has 19 nitrogen and oxygen atoms in total. The van der Waals surface area contributed by atoms with Crippen LogP contribution in [0.3, 0.4) is 0 Å². The molecule has 3 aromatic heterocycles. The minimum absolute atomic E-state index is 0.00587. The number of aldehydes is 1. The van der Waals surface area contributed by atoms with E-state index in [0.29, 0.717) is 105 Å². The monoisotopic (exact) mass is 1120 g/mol. The Kier molecular flexibility index (Phi) is 16.4. The summed E-state index contributed by atoms with van der Waals surface area (Å²) in [6, 6.07) is 14.8. The van der Waals surface area contributed by atoms with Gasteiger partial charge < -0.3 is 44.9 Å². The fourth-order valence-electron chi connectivity index (χ4n) is 13.4. The maximum absolute atomic E-state index is 17.3. The highest BCUT2D eigenvalue weighted by Crippen LogP contribution is 2.45. The normalized spacial score (nSPS) is 22.0. The van der Waals surface area contributed by atoms with Crippen LogP contribution in [0.4, 0.5) is 30.9 Å². The summed E-state index contributed by atoms with van der Waals surface area (Å²) in [4.78, 5) is 74.1. The quantitative estimate of drug-likeness (QED) is 0.0551. The van der Waals surface area contributed by atoms with Crippen LogP contribution in [0, 0.1) is 29.9 Å². The molecule has 4 atom stereocenters. The molecule has 0 spiro atoms. The molecule has 6 aromatic rings. The topological polar surface area (TPSA) is 196 Å². The van der Waals surface area contributed by atoms with E-state index in [1.165, 1.54) is 11.0 Å². The van der Waals surface area contributed by atoms with Crippen molar-refractivity contribution in [1.29, 1.82) is 0 Å². The van der Waals surface area contributed by atoms with E-state index in [1.807, 2.05) is 44.2 Å². The lowest BCUT2D eigenvalue weighted by Gasteiger charge is -2.37. The second-order valence-electron chi connectivity index (χ2n) is 22.8. The van der Waals surface area contributed by atoms with E-state index in [-0.39, 0.29) is 91.0 Å². The smallest absolute Gasteiger partial charge is 0.409 e. The van der Waals surface area contributed by atoms with Crippen molar-refractivity contribution in [3.8, 4) is 29.6 Å².